The minimum absolute atomic E-state index is 0.0766. The Morgan fingerprint density at radius 3 is 1.83 bits per heavy atom. The third kappa shape index (κ3) is 4.78. The van der Waals surface area contributed by atoms with Crippen LogP contribution in [0.4, 0.5) is 4.79 Å². The molecule has 3 amide bonds. The van der Waals surface area contributed by atoms with Crippen molar-refractivity contribution in [1.29, 1.82) is 0 Å². The van der Waals surface area contributed by atoms with Crippen LogP contribution in [0.15, 0.2) is 29.2 Å². The van der Waals surface area contributed by atoms with Gasteiger partial charge in [-0.2, -0.15) is 4.31 Å². The molecule has 0 unspecified atom stereocenters. The lowest BCUT2D eigenvalue weighted by Crippen LogP contribution is -2.54. The Morgan fingerprint density at radius 1 is 0.800 bits per heavy atom. The van der Waals surface area contributed by atoms with Gasteiger partial charge in [0.1, 0.15) is 0 Å². The Kier molecular flexibility index (Phi) is 7.36. The number of benzene rings is 1. The van der Waals surface area contributed by atoms with Crippen LogP contribution in [0, 0.1) is 0 Å². The largest absolute Gasteiger partial charge is 0.335 e. The van der Waals surface area contributed by atoms with Gasteiger partial charge >= 0.3 is 6.03 Å². The Balaban J connectivity index is 1.59. The van der Waals surface area contributed by atoms with Gasteiger partial charge in [0.15, 0.2) is 0 Å². The molecule has 2 saturated heterocycles. The number of carbonyl (C=O) groups is 2. The lowest BCUT2D eigenvalue weighted by atomic mass is 10.1. The summed E-state index contributed by atoms with van der Waals surface area (Å²) in [4.78, 5) is 31.1. The quantitative estimate of drug-likeness (QED) is 0.708. The summed E-state index contributed by atoms with van der Waals surface area (Å²) in [5, 5.41) is 0. The molecule has 9 heteroatoms. The van der Waals surface area contributed by atoms with Gasteiger partial charge in [-0.05, 0) is 43.5 Å². The fourth-order valence-corrected chi connectivity index (χ4v) is 5.51. The van der Waals surface area contributed by atoms with Crippen LogP contribution in [0.2, 0.25) is 0 Å². The van der Waals surface area contributed by atoms with Gasteiger partial charge in [0.05, 0.1) is 4.90 Å². The van der Waals surface area contributed by atoms with Crippen molar-refractivity contribution in [1.82, 2.24) is 19.0 Å². The van der Waals surface area contributed by atoms with Crippen molar-refractivity contribution < 1.29 is 18.0 Å². The summed E-state index contributed by atoms with van der Waals surface area (Å²) >= 11 is 0. The van der Waals surface area contributed by atoms with E-state index >= 15 is 0 Å². The highest BCUT2D eigenvalue weighted by molar-refractivity contribution is 7.89. The van der Waals surface area contributed by atoms with E-state index in [0.717, 1.165) is 25.9 Å². The molecular weight excluding hydrogens is 404 g/mol. The number of sulfonamides is 1. The van der Waals surface area contributed by atoms with Crippen LogP contribution in [0.25, 0.3) is 0 Å². The fourth-order valence-electron chi connectivity index (χ4n) is 4.05. The van der Waals surface area contributed by atoms with E-state index in [4.69, 9.17) is 0 Å². The van der Waals surface area contributed by atoms with Crippen LogP contribution < -0.4 is 0 Å². The molecule has 30 heavy (non-hydrogen) atoms. The number of hydrogen-bond acceptors (Lipinski definition) is 4. The summed E-state index contributed by atoms with van der Waals surface area (Å²) in [5.41, 5.74) is 0.462. The highest BCUT2D eigenvalue weighted by Crippen LogP contribution is 2.18. The molecule has 2 fully saturated rings. The third-order valence-electron chi connectivity index (χ3n) is 5.91. The number of likely N-dealkylation sites (tertiary alicyclic amines) is 1. The summed E-state index contributed by atoms with van der Waals surface area (Å²) in [5.74, 6) is -0.133. The summed E-state index contributed by atoms with van der Waals surface area (Å²) in [7, 11) is -3.54. The van der Waals surface area contributed by atoms with Crippen molar-refractivity contribution in [2.75, 3.05) is 52.4 Å². The molecule has 2 aliphatic rings. The molecular formula is C21H32N4O4S. The first kappa shape index (κ1) is 22.6. The number of carbonyl (C=O) groups excluding carboxylic acids is 2. The molecule has 0 aromatic heterocycles. The highest BCUT2D eigenvalue weighted by atomic mass is 32.2. The second-order valence-electron chi connectivity index (χ2n) is 7.72. The molecule has 0 atom stereocenters. The van der Waals surface area contributed by atoms with Crippen LogP contribution in [0.3, 0.4) is 0 Å². The fraction of sp³-hybridized carbons (Fsp3) is 0.619. The number of amides is 3. The SMILES string of the molecule is CCN(CC)S(=O)(=O)c1ccc(C(=O)N2CCN(C(=O)N3CCCCC3)CC2)cc1. The lowest BCUT2D eigenvalue weighted by Gasteiger charge is -2.38. The zero-order valence-corrected chi connectivity index (χ0v) is 18.7. The van der Waals surface area contributed by atoms with Crippen molar-refractivity contribution in [3.05, 3.63) is 29.8 Å². The van der Waals surface area contributed by atoms with E-state index in [9.17, 15) is 18.0 Å². The number of urea groups is 1. The molecule has 0 spiro atoms. The maximum absolute atomic E-state index is 12.8. The topological polar surface area (TPSA) is 81.2 Å². The normalized spacial score (nSPS) is 18.0. The molecule has 0 N–H and O–H groups in total. The van der Waals surface area contributed by atoms with Crippen LogP contribution in [-0.2, 0) is 10.0 Å². The third-order valence-corrected chi connectivity index (χ3v) is 7.97. The van der Waals surface area contributed by atoms with Gasteiger partial charge in [-0.3, -0.25) is 4.79 Å². The molecule has 1 aromatic carbocycles. The molecule has 2 heterocycles. The molecule has 0 saturated carbocycles. The summed E-state index contributed by atoms with van der Waals surface area (Å²) in [6, 6.07) is 6.22. The maximum Gasteiger partial charge on any atom is 0.320 e. The predicted octanol–water partition coefficient (Wildman–Crippen LogP) is 2.08. The van der Waals surface area contributed by atoms with Gasteiger partial charge in [-0.15, -0.1) is 0 Å². The molecule has 166 valence electrons. The van der Waals surface area contributed by atoms with Crippen LogP contribution in [-0.4, -0.2) is 91.7 Å². The Morgan fingerprint density at radius 2 is 1.30 bits per heavy atom. The summed E-state index contributed by atoms with van der Waals surface area (Å²) < 4.78 is 26.6. The van der Waals surface area contributed by atoms with Gasteiger partial charge in [-0.25, -0.2) is 13.2 Å². The zero-order chi connectivity index (χ0) is 21.7. The average Bonchev–Trinajstić information content (AvgIpc) is 2.79. The summed E-state index contributed by atoms with van der Waals surface area (Å²) in [6.07, 6.45) is 3.30. The smallest absolute Gasteiger partial charge is 0.320 e. The first-order chi connectivity index (χ1) is 14.4. The van der Waals surface area contributed by atoms with Crippen molar-refractivity contribution in [2.24, 2.45) is 0 Å². The van der Waals surface area contributed by atoms with E-state index < -0.39 is 10.0 Å². The number of hydrogen-bond donors (Lipinski definition) is 0. The maximum atomic E-state index is 12.8. The number of nitrogens with zero attached hydrogens (tertiary/aromatic N) is 4. The molecule has 3 rings (SSSR count). The monoisotopic (exact) mass is 436 g/mol. The lowest BCUT2D eigenvalue weighted by molar-refractivity contribution is 0.0633. The number of piperidine rings is 1. The molecule has 0 bridgehead atoms. The predicted molar refractivity (Wildman–Crippen MR) is 115 cm³/mol. The summed E-state index contributed by atoms with van der Waals surface area (Å²) in [6.45, 7) is 8.06. The van der Waals surface area contributed by atoms with E-state index in [1.54, 1.807) is 30.9 Å². The van der Waals surface area contributed by atoms with Gasteiger partial charge in [0.2, 0.25) is 10.0 Å². The molecule has 0 radical (unpaired) electrons. The standard InChI is InChI=1S/C21H32N4O4S/c1-3-25(4-2)30(28,29)19-10-8-18(9-11-19)20(26)22-14-16-24(17-15-22)21(27)23-12-6-5-7-13-23/h8-11H,3-7,12-17H2,1-2H3. The van der Waals surface area contributed by atoms with Crippen molar-refractivity contribution >= 4 is 22.0 Å². The van der Waals surface area contributed by atoms with E-state index in [2.05, 4.69) is 0 Å². The van der Waals surface area contributed by atoms with Gasteiger partial charge in [-0.1, -0.05) is 13.8 Å². The minimum Gasteiger partial charge on any atom is -0.335 e. The van der Waals surface area contributed by atoms with Crippen LogP contribution >= 0.6 is 0 Å². The van der Waals surface area contributed by atoms with Crippen LogP contribution in [0.1, 0.15) is 43.5 Å². The first-order valence-corrected chi connectivity index (χ1v) is 12.3. The second kappa shape index (κ2) is 9.78. The van der Waals surface area contributed by atoms with Crippen molar-refractivity contribution in [2.45, 2.75) is 38.0 Å². The van der Waals surface area contributed by atoms with Crippen molar-refractivity contribution in [3.8, 4) is 0 Å². The van der Waals surface area contributed by atoms with E-state index in [-0.39, 0.29) is 16.8 Å². The van der Waals surface area contributed by atoms with Gasteiger partial charge < -0.3 is 14.7 Å². The number of rotatable bonds is 5. The second-order valence-corrected chi connectivity index (χ2v) is 9.66. The van der Waals surface area contributed by atoms with Gasteiger partial charge in [0.25, 0.3) is 5.91 Å². The molecule has 1 aromatic rings. The molecule has 2 aliphatic heterocycles. The van der Waals surface area contributed by atoms with E-state index in [0.29, 0.717) is 44.8 Å². The van der Waals surface area contributed by atoms with E-state index in [1.807, 2.05) is 9.80 Å². The number of piperazine rings is 1. The Labute approximate surface area is 179 Å². The minimum atomic E-state index is -3.54. The van der Waals surface area contributed by atoms with Gasteiger partial charge in [0, 0.05) is 57.9 Å². The van der Waals surface area contributed by atoms with Crippen LogP contribution in [0.5, 0.6) is 0 Å². The Hall–Kier alpha value is -2.13. The average molecular weight is 437 g/mol. The van der Waals surface area contributed by atoms with E-state index in [1.165, 1.54) is 22.9 Å². The highest BCUT2D eigenvalue weighted by Gasteiger charge is 2.28. The molecule has 0 aliphatic carbocycles. The molecule has 8 nitrogen and oxygen atoms in total. The Bertz CT molecular complexity index is 838. The van der Waals surface area contributed by atoms with Crippen molar-refractivity contribution in [3.63, 3.8) is 0 Å². The zero-order valence-electron chi connectivity index (χ0n) is 17.9. The first-order valence-electron chi connectivity index (χ1n) is 10.8.